The van der Waals surface area contributed by atoms with Gasteiger partial charge in [0.25, 0.3) is 5.89 Å². The Morgan fingerprint density at radius 3 is 2.81 bits per heavy atom. The Kier molecular flexibility index (Phi) is 4.41. The third-order valence-electron chi connectivity index (χ3n) is 3.87. The molecule has 10 heteroatoms. The maximum absolute atomic E-state index is 12.5. The van der Waals surface area contributed by atoms with Crippen LogP contribution in [0.4, 0.5) is 0 Å². The maximum atomic E-state index is 12.5. The SMILES string of the molecule is Cc1cc(Cl)cc2c(=O)oc(-c3cc(Br)nn3-c3c(Cl)ccc[n+]3[O-])nc12. The summed E-state index contributed by atoms with van der Waals surface area (Å²) in [6.45, 7) is 1.79. The topological polar surface area (TPSA) is 87.9 Å². The van der Waals surface area contributed by atoms with Crippen molar-refractivity contribution in [3.63, 3.8) is 0 Å². The molecule has 4 rings (SSSR count). The van der Waals surface area contributed by atoms with E-state index in [1.165, 1.54) is 23.0 Å². The zero-order valence-corrected chi connectivity index (χ0v) is 16.7. The zero-order chi connectivity index (χ0) is 19.3. The van der Waals surface area contributed by atoms with Gasteiger partial charge in [0, 0.05) is 11.1 Å². The summed E-state index contributed by atoms with van der Waals surface area (Å²) in [4.78, 5) is 16.9. The molecule has 136 valence electrons. The second-order valence-electron chi connectivity index (χ2n) is 5.69. The highest BCUT2D eigenvalue weighted by Crippen LogP contribution is 2.28. The first-order chi connectivity index (χ1) is 12.8. The summed E-state index contributed by atoms with van der Waals surface area (Å²) in [5, 5.41) is 17.3. The van der Waals surface area contributed by atoms with Gasteiger partial charge in [-0.2, -0.15) is 0 Å². The average Bonchev–Trinajstić information content (AvgIpc) is 2.97. The summed E-state index contributed by atoms with van der Waals surface area (Å²) in [5.74, 6) is 0.0493. The third kappa shape index (κ3) is 3.09. The van der Waals surface area contributed by atoms with Gasteiger partial charge >= 0.3 is 11.4 Å². The van der Waals surface area contributed by atoms with Gasteiger partial charge in [-0.05, 0) is 52.7 Å². The van der Waals surface area contributed by atoms with Crippen LogP contribution in [-0.2, 0) is 0 Å². The molecule has 0 unspecified atom stereocenters. The molecule has 3 aromatic heterocycles. The fourth-order valence-electron chi connectivity index (χ4n) is 2.73. The van der Waals surface area contributed by atoms with Gasteiger partial charge < -0.3 is 9.62 Å². The van der Waals surface area contributed by atoms with Crippen LogP contribution in [0.15, 0.2) is 50.3 Å². The minimum Gasteiger partial charge on any atom is -0.711 e. The summed E-state index contributed by atoms with van der Waals surface area (Å²) < 4.78 is 7.62. The molecule has 0 radical (unpaired) electrons. The lowest BCUT2D eigenvalue weighted by molar-refractivity contribution is -0.600. The molecule has 3 heterocycles. The molecule has 0 amide bonds. The van der Waals surface area contributed by atoms with Crippen molar-refractivity contribution in [1.29, 1.82) is 0 Å². The molecule has 0 atom stereocenters. The minimum atomic E-state index is -0.598. The van der Waals surface area contributed by atoms with Gasteiger partial charge in [0.15, 0.2) is 4.60 Å². The highest BCUT2D eigenvalue weighted by molar-refractivity contribution is 9.10. The van der Waals surface area contributed by atoms with Crippen molar-refractivity contribution in [3.8, 4) is 17.4 Å². The number of halogens is 3. The molecule has 27 heavy (non-hydrogen) atoms. The van der Waals surface area contributed by atoms with Crippen molar-refractivity contribution in [1.82, 2.24) is 14.8 Å². The Morgan fingerprint density at radius 2 is 2.07 bits per heavy atom. The number of hydrogen-bond donors (Lipinski definition) is 0. The summed E-state index contributed by atoms with van der Waals surface area (Å²) in [6.07, 6.45) is 1.29. The number of fused-ring (bicyclic) bond motifs is 1. The lowest BCUT2D eigenvalue weighted by atomic mass is 10.1. The van der Waals surface area contributed by atoms with Gasteiger partial charge in [-0.25, -0.2) is 14.5 Å². The summed E-state index contributed by atoms with van der Waals surface area (Å²) >= 11 is 15.5. The molecule has 0 bridgehead atoms. The second-order valence-corrected chi connectivity index (χ2v) is 7.35. The monoisotopic (exact) mass is 466 g/mol. The molecular weight excluding hydrogens is 459 g/mol. The normalized spacial score (nSPS) is 11.3. The highest BCUT2D eigenvalue weighted by atomic mass is 79.9. The van der Waals surface area contributed by atoms with E-state index in [0.717, 1.165) is 0 Å². The molecule has 0 saturated heterocycles. The van der Waals surface area contributed by atoms with E-state index in [2.05, 4.69) is 26.0 Å². The maximum Gasteiger partial charge on any atom is 0.347 e. The van der Waals surface area contributed by atoms with Crippen molar-refractivity contribution in [3.05, 3.63) is 72.4 Å². The van der Waals surface area contributed by atoms with Gasteiger partial charge in [-0.3, -0.25) is 0 Å². The van der Waals surface area contributed by atoms with E-state index in [4.69, 9.17) is 27.6 Å². The van der Waals surface area contributed by atoms with E-state index in [1.807, 2.05) is 0 Å². The molecule has 0 saturated carbocycles. The van der Waals surface area contributed by atoms with E-state index in [9.17, 15) is 10.0 Å². The van der Waals surface area contributed by atoms with Crippen LogP contribution in [0.3, 0.4) is 0 Å². The first-order valence-corrected chi connectivity index (χ1v) is 9.15. The van der Waals surface area contributed by atoms with Crippen LogP contribution in [0.1, 0.15) is 5.56 Å². The van der Waals surface area contributed by atoms with Crippen LogP contribution in [-0.4, -0.2) is 14.8 Å². The Morgan fingerprint density at radius 1 is 1.30 bits per heavy atom. The predicted octanol–water partition coefficient (Wildman–Crippen LogP) is 4.05. The van der Waals surface area contributed by atoms with Crippen molar-refractivity contribution in [2.45, 2.75) is 6.92 Å². The number of pyridine rings is 1. The molecule has 0 aliphatic rings. The van der Waals surface area contributed by atoms with E-state index in [1.54, 1.807) is 25.1 Å². The van der Waals surface area contributed by atoms with E-state index in [0.29, 0.717) is 25.4 Å². The highest BCUT2D eigenvalue weighted by Gasteiger charge is 2.26. The number of aromatic nitrogens is 4. The largest absolute Gasteiger partial charge is 0.711 e. The van der Waals surface area contributed by atoms with Crippen molar-refractivity contribution < 1.29 is 9.15 Å². The summed E-state index contributed by atoms with van der Waals surface area (Å²) in [6, 6.07) is 7.84. The molecule has 0 fully saturated rings. The van der Waals surface area contributed by atoms with E-state index < -0.39 is 5.63 Å². The second kappa shape index (κ2) is 6.63. The molecule has 0 spiro atoms. The molecule has 7 nitrogen and oxygen atoms in total. The molecule has 0 aliphatic carbocycles. The van der Waals surface area contributed by atoms with Gasteiger partial charge in [-0.1, -0.05) is 33.0 Å². The smallest absolute Gasteiger partial charge is 0.347 e. The fraction of sp³-hybridized carbons (Fsp3) is 0.0588. The first-order valence-electron chi connectivity index (χ1n) is 7.60. The van der Waals surface area contributed by atoms with Gasteiger partial charge in [-0.15, -0.1) is 0 Å². The summed E-state index contributed by atoms with van der Waals surface area (Å²) in [5.41, 5.74) is 0.851. The van der Waals surface area contributed by atoms with E-state index in [-0.39, 0.29) is 27.8 Å². The number of rotatable bonds is 2. The van der Waals surface area contributed by atoms with Crippen molar-refractivity contribution in [2.24, 2.45) is 0 Å². The van der Waals surface area contributed by atoms with Crippen molar-refractivity contribution >= 4 is 50.0 Å². The number of hydrogen-bond acceptors (Lipinski definition) is 5. The van der Waals surface area contributed by atoms with Gasteiger partial charge in [0.05, 0.1) is 17.1 Å². The zero-order valence-electron chi connectivity index (χ0n) is 13.6. The summed E-state index contributed by atoms with van der Waals surface area (Å²) in [7, 11) is 0. The first kappa shape index (κ1) is 18.0. The molecule has 4 aromatic rings. The lowest BCUT2D eigenvalue weighted by Crippen LogP contribution is -2.32. The average molecular weight is 468 g/mol. The predicted molar refractivity (Wildman–Crippen MR) is 104 cm³/mol. The van der Waals surface area contributed by atoms with Gasteiger partial charge in [0.1, 0.15) is 5.02 Å². The van der Waals surface area contributed by atoms with Gasteiger partial charge in [0.2, 0.25) is 5.69 Å². The van der Waals surface area contributed by atoms with Crippen molar-refractivity contribution in [2.75, 3.05) is 0 Å². The quantitative estimate of drug-likeness (QED) is 0.327. The number of benzene rings is 1. The number of aryl methyl sites for hydroxylation is 1. The Labute approximate surface area is 170 Å². The Hall–Kier alpha value is -2.42. The lowest BCUT2D eigenvalue weighted by Gasteiger charge is -2.09. The van der Waals surface area contributed by atoms with Crippen LogP contribution in [0.5, 0.6) is 0 Å². The van der Waals surface area contributed by atoms with E-state index >= 15 is 0 Å². The van der Waals surface area contributed by atoms with Crippen LogP contribution < -0.4 is 10.4 Å². The standard InChI is InChI=1S/C17H9BrCl2N4O3/c1-8-5-9(19)6-10-14(8)21-15(27-17(10)25)12-7-13(18)22-24(12)16-11(20)3-2-4-23(16)26/h2-7H,1H3. The van der Waals surface area contributed by atoms with Crippen LogP contribution in [0.25, 0.3) is 28.3 Å². The minimum absolute atomic E-state index is 0.00366. The van der Waals surface area contributed by atoms with Crippen LogP contribution in [0, 0.1) is 12.1 Å². The van der Waals surface area contributed by atoms with Crippen LogP contribution in [0.2, 0.25) is 10.0 Å². The van der Waals surface area contributed by atoms with Crippen LogP contribution >= 0.6 is 39.1 Å². The molecule has 0 aliphatic heterocycles. The Balaban J connectivity index is 2.02. The molecular formula is C17H9BrCl2N4O3. The Bertz CT molecular complexity index is 1250. The number of nitrogens with zero attached hydrogens (tertiary/aromatic N) is 4. The third-order valence-corrected chi connectivity index (χ3v) is 4.77. The molecule has 1 aromatic carbocycles. The fourth-order valence-corrected chi connectivity index (χ4v) is 3.62. The molecule has 0 N–H and O–H groups in total.